The van der Waals surface area contributed by atoms with Crippen LogP contribution in [0.25, 0.3) is 6.08 Å². The number of thiazole rings is 1. The van der Waals surface area contributed by atoms with Crippen LogP contribution < -0.4 is 4.90 Å². The number of anilines is 1. The third-order valence-corrected chi connectivity index (χ3v) is 6.51. The first-order valence-electron chi connectivity index (χ1n) is 9.15. The van der Waals surface area contributed by atoms with Crippen molar-refractivity contribution in [2.45, 2.75) is 26.8 Å². The lowest BCUT2D eigenvalue weighted by Gasteiger charge is -2.20. The number of rotatable bonds is 5. The van der Waals surface area contributed by atoms with Crippen LogP contribution in [0.5, 0.6) is 0 Å². The summed E-state index contributed by atoms with van der Waals surface area (Å²) in [5, 5.41) is 20.4. The smallest absolute Gasteiger partial charge is 0.296 e. The van der Waals surface area contributed by atoms with Gasteiger partial charge in [-0.3, -0.25) is 14.5 Å². The molecule has 7 nitrogen and oxygen atoms in total. The Bertz CT molecular complexity index is 1190. The molecule has 1 aliphatic heterocycles. The number of hydrogen-bond acceptors (Lipinski definition) is 8. The van der Waals surface area contributed by atoms with Gasteiger partial charge in [0.2, 0.25) is 10.9 Å². The summed E-state index contributed by atoms with van der Waals surface area (Å²) in [6.07, 6.45) is 3.54. The summed E-state index contributed by atoms with van der Waals surface area (Å²) in [6.45, 7) is 5.33. The number of aromatic nitrogens is 3. The maximum Gasteiger partial charge on any atom is 0.296 e. The van der Waals surface area contributed by atoms with Crippen molar-refractivity contribution >= 4 is 45.6 Å². The van der Waals surface area contributed by atoms with E-state index in [-0.39, 0.29) is 5.57 Å². The Morgan fingerprint density at radius 3 is 2.43 bits per heavy atom. The van der Waals surface area contributed by atoms with E-state index in [0.29, 0.717) is 20.7 Å². The van der Waals surface area contributed by atoms with Gasteiger partial charge in [-0.1, -0.05) is 53.8 Å². The number of aliphatic hydroxyl groups excluding tert-OH is 1. The van der Waals surface area contributed by atoms with E-state index in [0.717, 1.165) is 10.6 Å². The van der Waals surface area contributed by atoms with Crippen molar-refractivity contribution in [3.05, 3.63) is 73.9 Å². The third-order valence-electron chi connectivity index (χ3n) is 4.60. The molecule has 1 N–H and O–H groups in total. The van der Waals surface area contributed by atoms with Crippen LogP contribution in [-0.4, -0.2) is 38.0 Å². The molecule has 0 aliphatic carbocycles. The molecule has 1 aliphatic rings. The van der Waals surface area contributed by atoms with Crippen molar-refractivity contribution < 1.29 is 14.7 Å². The second-order valence-corrected chi connectivity index (χ2v) is 9.10. The van der Waals surface area contributed by atoms with E-state index in [1.807, 2.05) is 43.3 Å². The number of hydrogen-bond donors (Lipinski definition) is 1. The normalized spacial score (nSPS) is 16.8. The molecule has 4 rings (SSSR count). The van der Waals surface area contributed by atoms with Gasteiger partial charge >= 0.3 is 0 Å². The van der Waals surface area contributed by atoms with Gasteiger partial charge < -0.3 is 5.11 Å². The number of carbonyl (C=O) groups excluding carboxylic acids is 2. The van der Waals surface area contributed by atoms with Gasteiger partial charge in [0.1, 0.15) is 5.01 Å². The predicted molar refractivity (Wildman–Crippen MR) is 117 cm³/mol. The van der Waals surface area contributed by atoms with Crippen LogP contribution in [0.1, 0.15) is 30.9 Å². The van der Waals surface area contributed by atoms with Crippen molar-refractivity contribution in [1.29, 1.82) is 0 Å². The maximum absolute atomic E-state index is 13.3. The van der Waals surface area contributed by atoms with Crippen LogP contribution in [0.4, 0.5) is 5.13 Å². The monoisotopic (exact) mass is 438 g/mol. The maximum atomic E-state index is 13.3. The van der Waals surface area contributed by atoms with Crippen molar-refractivity contribution in [1.82, 2.24) is 15.2 Å². The SMILES string of the molecule is Cc1nnc(N2C(=O)C(O)=C(C(=O)c3sc(C)nc3C)C2C=Cc2ccccc2)s1. The number of ketones is 1. The Balaban J connectivity index is 1.81. The van der Waals surface area contributed by atoms with Crippen LogP contribution in [0.15, 0.2) is 47.7 Å². The van der Waals surface area contributed by atoms with Crippen LogP contribution in [0.2, 0.25) is 0 Å². The molecule has 3 aromatic rings. The highest BCUT2D eigenvalue weighted by Gasteiger charge is 2.44. The predicted octanol–water partition coefficient (Wildman–Crippen LogP) is 4.04. The summed E-state index contributed by atoms with van der Waals surface area (Å²) in [5.74, 6) is -1.65. The van der Waals surface area contributed by atoms with Crippen LogP contribution in [0.3, 0.4) is 0 Å². The Morgan fingerprint density at radius 2 is 1.83 bits per heavy atom. The second kappa shape index (κ2) is 7.92. The molecule has 30 heavy (non-hydrogen) atoms. The minimum atomic E-state index is -0.806. The molecule has 0 fully saturated rings. The van der Waals surface area contributed by atoms with Gasteiger partial charge in [0.05, 0.1) is 27.2 Å². The van der Waals surface area contributed by atoms with Crippen molar-refractivity contribution in [2.24, 2.45) is 0 Å². The van der Waals surface area contributed by atoms with Gasteiger partial charge in [0.25, 0.3) is 5.91 Å². The number of benzene rings is 1. The van der Waals surface area contributed by atoms with Crippen molar-refractivity contribution in [3.8, 4) is 0 Å². The van der Waals surface area contributed by atoms with E-state index >= 15 is 0 Å². The fourth-order valence-corrected chi connectivity index (χ4v) is 4.87. The molecule has 0 saturated carbocycles. The quantitative estimate of drug-likeness (QED) is 0.604. The van der Waals surface area contributed by atoms with Crippen molar-refractivity contribution in [3.63, 3.8) is 0 Å². The lowest BCUT2D eigenvalue weighted by atomic mass is 10.0. The topological polar surface area (TPSA) is 96.3 Å². The molecule has 1 aromatic carbocycles. The van der Waals surface area contributed by atoms with Gasteiger partial charge in [0, 0.05) is 0 Å². The molecule has 0 radical (unpaired) electrons. The molecule has 3 heterocycles. The first kappa shape index (κ1) is 20.1. The minimum absolute atomic E-state index is 0.0202. The molecule has 0 bridgehead atoms. The highest BCUT2D eigenvalue weighted by Crippen LogP contribution is 2.36. The summed E-state index contributed by atoms with van der Waals surface area (Å²) >= 11 is 2.47. The van der Waals surface area contributed by atoms with Crippen LogP contribution in [0, 0.1) is 20.8 Å². The zero-order valence-electron chi connectivity index (χ0n) is 16.5. The Kier molecular flexibility index (Phi) is 5.31. The number of aliphatic hydroxyl groups is 1. The fraction of sp³-hybridized carbons (Fsp3) is 0.190. The van der Waals surface area contributed by atoms with E-state index in [1.165, 1.54) is 27.6 Å². The largest absolute Gasteiger partial charge is 0.503 e. The van der Waals surface area contributed by atoms with Gasteiger partial charge in [-0.15, -0.1) is 21.5 Å². The number of Topliss-reactive ketones (excluding diaryl/α,β-unsaturated/α-hetero) is 1. The number of aryl methyl sites for hydroxylation is 3. The van der Waals surface area contributed by atoms with Gasteiger partial charge in [-0.2, -0.15) is 0 Å². The summed E-state index contributed by atoms with van der Waals surface area (Å²) < 4.78 is 0. The second-order valence-electron chi connectivity index (χ2n) is 6.73. The van der Waals surface area contributed by atoms with Gasteiger partial charge in [-0.05, 0) is 26.3 Å². The average Bonchev–Trinajstić information content (AvgIpc) is 3.37. The van der Waals surface area contributed by atoms with Crippen LogP contribution >= 0.6 is 22.7 Å². The number of nitrogens with zero attached hydrogens (tertiary/aromatic N) is 4. The zero-order chi connectivity index (χ0) is 21.4. The van der Waals surface area contributed by atoms with Crippen molar-refractivity contribution in [2.75, 3.05) is 4.90 Å². The molecule has 152 valence electrons. The van der Waals surface area contributed by atoms with E-state index in [2.05, 4.69) is 15.2 Å². The van der Waals surface area contributed by atoms with E-state index in [9.17, 15) is 14.7 Å². The molecular formula is C21H18N4O3S2. The lowest BCUT2D eigenvalue weighted by Crippen LogP contribution is -2.35. The van der Waals surface area contributed by atoms with E-state index in [4.69, 9.17) is 0 Å². The Labute approximate surface area is 181 Å². The average molecular weight is 439 g/mol. The molecule has 1 atom stereocenters. The highest BCUT2D eigenvalue weighted by molar-refractivity contribution is 7.15. The van der Waals surface area contributed by atoms with E-state index < -0.39 is 23.5 Å². The Hall–Kier alpha value is -3.17. The highest BCUT2D eigenvalue weighted by atomic mass is 32.1. The number of amides is 1. The molecule has 0 saturated heterocycles. The zero-order valence-corrected chi connectivity index (χ0v) is 18.1. The first-order chi connectivity index (χ1) is 14.4. The number of carbonyl (C=O) groups is 2. The molecule has 0 spiro atoms. The van der Waals surface area contributed by atoms with Gasteiger partial charge in [-0.25, -0.2) is 4.98 Å². The third kappa shape index (κ3) is 3.57. The molecule has 2 aromatic heterocycles. The molecule has 1 unspecified atom stereocenters. The summed E-state index contributed by atoms with van der Waals surface area (Å²) in [4.78, 5) is 32.3. The molecule has 1 amide bonds. The Morgan fingerprint density at radius 1 is 1.10 bits per heavy atom. The summed E-state index contributed by atoms with van der Waals surface area (Å²) in [7, 11) is 0. The summed E-state index contributed by atoms with van der Waals surface area (Å²) in [6, 6.07) is 8.72. The molecule has 9 heteroatoms. The fourth-order valence-electron chi connectivity index (χ4n) is 3.27. The first-order valence-corrected chi connectivity index (χ1v) is 10.8. The minimum Gasteiger partial charge on any atom is -0.503 e. The molecular weight excluding hydrogens is 420 g/mol. The lowest BCUT2D eigenvalue weighted by molar-refractivity contribution is -0.116. The standard InChI is InChI=1S/C21H18N4O3S2/c1-11-19(29-12(2)22-11)17(26)16-15(10-9-14-7-5-4-6-8-14)25(20(28)18(16)27)21-24-23-13(3)30-21/h4-10,15,27H,1-3H3. The van der Waals surface area contributed by atoms with Crippen LogP contribution in [-0.2, 0) is 4.79 Å². The van der Waals surface area contributed by atoms with E-state index in [1.54, 1.807) is 19.9 Å². The summed E-state index contributed by atoms with van der Waals surface area (Å²) in [5.41, 5.74) is 1.50. The van der Waals surface area contributed by atoms with Gasteiger partial charge in [0.15, 0.2) is 5.76 Å².